The molecule has 0 saturated carbocycles. The van der Waals surface area contributed by atoms with Crippen molar-refractivity contribution in [2.24, 2.45) is 0 Å². The molecule has 1 aromatic rings. The number of likely N-dealkylation sites (tertiary alicyclic amines) is 1. The van der Waals surface area contributed by atoms with Crippen LogP contribution in [0.1, 0.15) is 45.2 Å². The summed E-state index contributed by atoms with van der Waals surface area (Å²) in [7, 11) is 0. The summed E-state index contributed by atoms with van der Waals surface area (Å²) >= 11 is 3.47. The Hall–Kier alpha value is -0.540. The molecule has 1 unspecified atom stereocenters. The Bertz CT molecular complexity index is 417. The van der Waals surface area contributed by atoms with E-state index >= 15 is 0 Å². The fourth-order valence-corrected chi connectivity index (χ4v) is 3.25. The van der Waals surface area contributed by atoms with Crippen LogP contribution in [0.3, 0.4) is 0 Å². The van der Waals surface area contributed by atoms with Gasteiger partial charge in [0.25, 0.3) is 0 Å². The lowest BCUT2D eigenvalue weighted by molar-refractivity contribution is 0.123. The van der Waals surface area contributed by atoms with Crippen LogP contribution in [0, 0.1) is 0 Å². The zero-order valence-corrected chi connectivity index (χ0v) is 12.3. The predicted octanol–water partition coefficient (Wildman–Crippen LogP) is 4.09. The quantitative estimate of drug-likeness (QED) is 0.889. The van der Waals surface area contributed by atoms with E-state index in [4.69, 9.17) is 0 Å². The van der Waals surface area contributed by atoms with E-state index in [0.717, 1.165) is 16.6 Å². The van der Waals surface area contributed by atoms with Gasteiger partial charge in [-0.1, -0.05) is 15.9 Å². The second-order valence-corrected chi connectivity index (χ2v) is 6.40. The number of halogens is 1. The molecule has 17 heavy (non-hydrogen) atoms. The molecule has 1 atom stereocenters. The molecular weight excluding hydrogens is 278 g/mol. The maximum Gasteiger partial charge on any atom is 0.120 e. The lowest BCUT2D eigenvalue weighted by Gasteiger charge is -2.37. The summed E-state index contributed by atoms with van der Waals surface area (Å²) in [6.07, 6.45) is 2.47. The van der Waals surface area contributed by atoms with Crippen molar-refractivity contribution in [3.8, 4) is 5.75 Å². The van der Waals surface area contributed by atoms with E-state index in [-0.39, 0.29) is 11.6 Å². The van der Waals surface area contributed by atoms with Gasteiger partial charge in [-0.3, -0.25) is 4.90 Å². The topological polar surface area (TPSA) is 23.5 Å². The van der Waals surface area contributed by atoms with Crippen molar-refractivity contribution in [1.29, 1.82) is 0 Å². The maximum atomic E-state index is 9.99. The number of aromatic hydroxyl groups is 1. The van der Waals surface area contributed by atoms with Crippen LogP contribution in [-0.2, 0) is 0 Å². The van der Waals surface area contributed by atoms with Crippen LogP contribution in [0.2, 0.25) is 0 Å². The fraction of sp³-hybridized carbons (Fsp3) is 0.571. The van der Waals surface area contributed by atoms with E-state index in [2.05, 4.69) is 41.6 Å². The van der Waals surface area contributed by atoms with Crippen molar-refractivity contribution in [3.63, 3.8) is 0 Å². The van der Waals surface area contributed by atoms with Crippen molar-refractivity contribution in [2.45, 2.75) is 45.2 Å². The van der Waals surface area contributed by atoms with Gasteiger partial charge in [0.05, 0.1) is 0 Å². The smallest absolute Gasteiger partial charge is 0.120 e. The van der Waals surface area contributed by atoms with E-state index in [1.165, 1.54) is 12.8 Å². The van der Waals surface area contributed by atoms with Gasteiger partial charge in [-0.2, -0.15) is 0 Å². The zero-order valence-electron chi connectivity index (χ0n) is 10.7. The highest BCUT2D eigenvalue weighted by Crippen LogP contribution is 2.39. The Labute approximate surface area is 112 Å². The summed E-state index contributed by atoms with van der Waals surface area (Å²) in [6.45, 7) is 7.85. The van der Waals surface area contributed by atoms with Gasteiger partial charge < -0.3 is 5.11 Å². The number of phenolic OH excluding ortho intramolecular Hbond substituents is 1. The van der Waals surface area contributed by atoms with Crippen LogP contribution in [0.4, 0.5) is 0 Å². The predicted molar refractivity (Wildman–Crippen MR) is 74.2 cm³/mol. The molecule has 0 amide bonds. The Morgan fingerprint density at radius 3 is 2.71 bits per heavy atom. The van der Waals surface area contributed by atoms with Crippen molar-refractivity contribution < 1.29 is 5.11 Å². The second kappa shape index (κ2) is 4.62. The largest absolute Gasteiger partial charge is 0.508 e. The van der Waals surface area contributed by atoms with Gasteiger partial charge in [-0.15, -0.1) is 0 Å². The molecule has 1 heterocycles. The second-order valence-electron chi connectivity index (χ2n) is 5.49. The summed E-state index contributed by atoms with van der Waals surface area (Å²) in [5, 5.41) is 9.99. The summed E-state index contributed by atoms with van der Waals surface area (Å²) < 4.78 is 1.02. The molecule has 1 fully saturated rings. The molecule has 0 aliphatic carbocycles. The van der Waals surface area contributed by atoms with E-state index < -0.39 is 0 Å². The number of phenols is 1. The molecule has 1 saturated heterocycles. The van der Waals surface area contributed by atoms with Crippen LogP contribution < -0.4 is 0 Å². The van der Waals surface area contributed by atoms with Crippen LogP contribution in [0.15, 0.2) is 22.7 Å². The van der Waals surface area contributed by atoms with Gasteiger partial charge in [0.2, 0.25) is 0 Å². The number of hydrogen-bond donors (Lipinski definition) is 1. The molecule has 1 N–H and O–H groups in total. The first-order chi connectivity index (χ1) is 7.92. The van der Waals surface area contributed by atoms with Gasteiger partial charge in [-0.25, -0.2) is 0 Å². The number of benzene rings is 1. The summed E-state index contributed by atoms with van der Waals surface area (Å²) in [5.41, 5.74) is 1.24. The first kappa shape index (κ1) is 12.9. The van der Waals surface area contributed by atoms with Gasteiger partial charge >= 0.3 is 0 Å². The molecule has 2 rings (SSSR count). The van der Waals surface area contributed by atoms with Crippen LogP contribution in [-0.4, -0.2) is 22.1 Å². The van der Waals surface area contributed by atoms with E-state index in [1.807, 2.05) is 12.1 Å². The number of hydrogen-bond acceptors (Lipinski definition) is 2. The number of nitrogens with zero attached hydrogens (tertiary/aromatic N) is 1. The van der Waals surface area contributed by atoms with E-state index in [9.17, 15) is 5.11 Å². The molecule has 0 spiro atoms. The molecule has 0 radical (unpaired) electrons. The molecule has 0 bridgehead atoms. The SMILES string of the molecule is CC(c1cc(Br)ccc1O)N1CCCC1(C)C. The summed E-state index contributed by atoms with van der Waals surface area (Å²) in [4.78, 5) is 2.48. The Kier molecular flexibility index (Phi) is 3.50. The monoisotopic (exact) mass is 297 g/mol. The molecule has 94 valence electrons. The molecule has 0 aromatic heterocycles. The minimum atomic E-state index is 0.230. The van der Waals surface area contributed by atoms with E-state index in [1.54, 1.807) is 6.07 Å². The van der Waals surface area contributed by atoms with Crippen LogP contribution in [0.5, 0.6) is 5.75 Å². The van der Waals surface area contributed by atoms with Crippen molar-refractivity contribution in [2.75, 3.05) is 6.54 Å². The molecule has 1 aliphatic heterocycles. The normalized spacial score (nSPS) is 21.6. The molecule has 2 nitrogen and oxygen atoms in total. The van der Waals surface area contributed by atoms with Crippen molar-refractivity contribution in [1.82, 2.24) is 4.90 Å². The fourth-order valence-electron chi connectivity index (χ4n) is 2.87. The highest BCUT2D eigenvalue weighted by atomic mass is 79.9. The first-order valence-electron chi connectivity index (χ1n) is 6.17. The third-order valence-corrected chi connectivity index (χ3v) is 4.37. The summed E-state index contributed by atoms with van der Waals surface area (Å²) in [5.74, 6) is 0.392. The van der Waals surface area contributed by atoms with E-state index in [0.29, 0.717) is 5.75 Å². The van der Waals surface area contributed by atoms with Crippen molar-refractivity contribution in [3.05, 3.63) is 28.2 Å². The highest BCUT2D eigenvalue weighted by Gasteiger charge is 2.36. The third-order valence-electron chi connectivity index (χ3n) is 3.87. The average Bonchev–Trinajstić information content (AvgIpc) is 2.61. The van der Waals surface area contributed by atoms with Crippen LogP contribution >= 0.6 is 15.9 Å². The maximum absolute atomic E-state index is 9.99. The summed E-state index contributed by atoms with van der Waals surface area (Å²) in [6, 6.07) is 5.92. The molecule has 1 aliphatic rings. The van der Waals surface area contributed by atoms with Gasteiger partial charge in [-0.05, 0) is 58.4 Å². The van der Waals surface area contributed by atoms with Gasteiger partial charge in [0.1, 0.15) is 5.75 Å². The van der Waals surface area contributed by atoms with Crippen molar-refractivity contribution >= 4 is 15.9 Å². The Morgan fingerprint density at radius 2 is 2.12 bits per heavy atom. The minimum Gasteiger partial charge on any atom is -0.508 e. The Balaban J connectivity index is 2.30. The van der Waals surface area contributed by atoms with Crippen LogP contribution in [0.25, 0.3) is 0 Å². The highest BCUT2D eigenvalue weighted by molar-refractivity contribution is 9.10. The number of rotatable bonds is 2. The minimum absolute atomic E-state index is 0.230. The lowest BCUT2D eigenvalue weighted by Crippen LogP contribution is -2.39. The molecule has 1 aromatic carbocycles. The lowest BCUT2D eigenvalue weighted by atomic mass is 9.98. The average molecular weight is 298 g/mol. The Morgan fingerprint density at radius 1 is 1.41 bits per heavy atom. The third kappa shape index (κ3) is 2.50. The molecule has 3 heteroatoms. The zero-order chi connectivity index (χ0) is 12.6. The molecular formula is C14H20BrNO. The van der Waals surface area contributed by atoms with Gasteiger partial charge in [0.15, 0.2) is 0 Å². The first-order valence-corrected chi connectivity index (χ1v) is 6.96. The van der Waals surface area contributed by atoms with Gasteiger partial charge in [0, 0.05) is 21.6 Å². The standard InChI is InChI=1S/C14H20BrNO/c1-10(16-8-4-7-14(16,2)3)12-9-11(15)5-6-13(12)17/h5-6,9-10,17H,4,7-8H2,1-3H3.